The lowest BCUT2D eigenvalue weighted by molar-refractivity contribution is 0.0940. The number of thiazole rings is 1. The van der Waals surface area contributed by atoms with Crippen LogP contribution < -0.4 is 5.32 Å². The van der Waals surface area contributed by atoms with E-state index < -0.39 is 0 Å². The Kier molecular flexibility index (Phi) is 3.25. The number of rotatable bonds is 4. The van der Waals surface area contributed by atoms with Crippen molar-refractivity contribution in [1.82, 2.24) is 25.5 Å². The highest BCUT2D eigenvalue weighted by Gasteiger charge is 2.11. The molecule has 0 aliphatic rings. The van der Waals surface area contributed by atoms with E-state index in [-0.39, 0.29) is 11.7 Å². The smallest absolute Gasteiger partial charge is 0.291 e. The first-order valence-corrected chi connectivity index (χ1v) is 5.80. The van der Waals surface area contributed by atoms with E-state index in [1.807, 2.05) is 12.3 Å². The van der Waals surface area contributed by atoms with Gasteiger partial charge in [-0.15, -0.1) is 16.4 Å². The normalized spacial score (nSPS) is 10.3. The number of aryl methyl sites for hydroxylation is 1. The third-order valence-corrected chi connectivity index (χ3v) is 2.62. The number of H-pyrrole nitrogens is 1. The molecule has 0 radical (unpaired) electrons. The van der Waals surface area contributed by atoms with E-state index in [4.69, 9.17) is 0 Å². The summed E-state index contributed by atoms with van der Waals surface area (Å²) in [5.41, 5.74) is 2.56. The first-order valence-electron chi connectivity index (χ1n) is 4.86. The maximum Gasteiger partial charge on any atom is 0.291 e. The van der Waals surface area contributed by atoms with Gasteiger partial charge in [0.1, 0.15) is 5.82 Å². The van der Waals surface area contributed by atoms with Crippen LogP contribution in [-0.4, -0.2) is 26.1 Å². The van der Waals surface area contributed by atoms with Crippen LogP contribution in [0.5, 0.6) is 0 Å². The van der Waals surface area contributed by atoms with Crippen LogP contribution in [0.1, 0.15) is 29.1 Å². The first-order chi connectivity index (χ1) is 7.79. The summed E-state index contributed by atoms with van der Waals surface area (Å²) in [5, 5.41) is 11.1. The van der Waals surface area contributed by atoms with Crippen molar-refractivity contribution in [3.8, 4) is 0 Å². The molecule has 0 fully saturated rings. The number of amides is 1. The molecular weight excluding hydrogens is 226 g/mol. The molecule has 0 saturated carbocycles. The average molecular weight is 237 g/mol. The summed E-state index contributed by atoms with van der Waals surface area (Å²) in [6, 6.07) is 0. The Morgan fingerprint density at radius 1 is 1.62 bits per heavy atom. The zero-order valence-electron chi connectivity index (χ0n) is 8.73. The monoisotopic (exact) mass is 237 g/mol. The molecule has 0 atom stereocenters. The van der Waals surface area contributed by atoms with Crippen LogP contribution in [0.25, 0.3) is 0 Å². The number of carbonyl (C=O) groups is 1. The van der Waals surface area contributed by atoms with Crippen LogP contribution in [0.3, 0.4) is 0 Å². The third kappa shape index (κ3) is 2.43. The fourth-order valence-electron chi connectivity index (χ4n) is 1.13. The third-order valence-electron chi connectivity index (χ3n) is 1.98. The minimum atomic E-state index is -0.288. The molecule has 0 bridgehead atoms. The van der Waals surface area contributed by atoms with E-state index >= 15 is 0 Å². The second kappa shape index (κ2) is 4.84. The molecule has 2 aromatic heterocycles. The second-order valence-electron chi connectivity index (χ2n) is 3.12. The van der Waals surface area contributed by atoms with Crippen LogP contribution in [0.15, 0.2) is 10.9 Å². The predicted molar refractivity (Wildman–Crippen MR) is 59.0 cm³/mol. The SMILES string of the molecule is CCc1nc(C(=O)NCc2cscn2)n[nH]1. The Morgan fingerprint density at radius 3 is 3.12 bits per heavy atom. The standard InChI is InChI=1S/C9H11N5OS/c1-2-7-12-8(14-13-7)9(15)10-3-6-4-16-5-11-6/h4-5H,2-3H2,1H3,(H,10,15)(H,12,13,14). The summed E-state index contributed by atoms with van der Waals surface area (Å²) in [4.78, 5) is 19.7. The van der Waals surface area contributed by atoms with Crippen LogP contribution in [0, 0.1) is 0 Å². The number of aromatic nitrogens is 4. The lowest BCUT2D eigenvalue weighted by Gasteiger charge is -1.98. The number of nitrogens with zero attached hydrogens (tertiary/aromatic N) is 3. The van der Waals surface area contributed by atoms with E-state index in [1.54, 1.807) is 5.51 Å². The molecule has 0 aliphatic carbocycles. The topological polar surface area (TPSA) is 83.6 Å². The summed E-state index contributed by atoms with van der Waals surface area (Å²) in [7, 11) is 0. The molecule has 2 rings (SSSR count). The predicted octanol–water partition coefficient (Wildman–Crippen LogP) is 0.754. The van der Waals surface area contributed by atoms with Crippen LogP contribution >= 0.6 is 11.3 Å². The van der Waals surface area contributed by atoms with E-state index in [1.165, 1.54) is 11.3 Å². The Morgan fingerprint density at radius 2 is 2.50 bits per heavy atom. The van der Waals surface area contributed by atoms with Crippen LogP contribution in [0.2, 0.25) is 0 Å². The molecule has 2 heterocycles. The Labute approximate surface area is 96.1 Å². The van der Waals surface area contributed by atoms with E-state index in [0.29, 0.717) is 12.4 Å². The molecular formula is C9H11N5OS. The number of aromatic amines is 1. The van der Waals surface area contributed by atoms with Gasteiger partial charge in [-0.1, -0.05) is 6.92 Å². The fourth-order valence-corrected chi connectivity index (χ4v) is 1.69. The minimum Gasteiger partial charge on any atom is -0.344 e. The molecule has 16 heavy (non-hydrogen) atoms. The van der Waals surface area contributed by atoms with Gasteiger partial charge in [0, 0.05) is 11.8 Å². The largest absolute Gasteiger partial charge is 0.344 e. The van der Waals surface area contributed by atoms with Gasteiger partial charge in [-0.3, -0.25) is 9.89 Å². The number of nitrogens with one attached hydrogen (secondary N) is 2. The second-order valence-corrected chi connectivity index (χ2v) is 3.84. The van der Waals surface area contributed by atoms with E-state index in [9.17, 15) is 4.79 Å². The quantitative estimate of drug-likeness (QED) is 0.822. The highest BCUT2D eigenvalue weighted by molar-refractivity contribution is 7.07. The zero-order valence-corrected chi connectivity index (χ0v) is 9.54. The Balaban J connectivity index is 1.93. The molecule has 2 aromatic rings. The lowest BCUT2D eigenvalue weighted by Crippen LogP contribution is -2.24. The van der Waals surface area contributed by atoms with Gasteiger partial charge in [-0.05, 0) is 0 Å². The maximum atomic E-state index is 11.6. The van der Waals surface area contributed by atoms with Crippen molar-refractivity contribution in [2.75, 3.05) is 0 Å². The summed E-state index contributed by atoms with van der Waals surface area (Å²) in [5.74, 6) is 0.592. The van der Waals surface area contributed by atoms with Gasteiger partial charge in [0.2, 0.25) is 5.82 Å². The van der Waals surface area contributed by atoms with Gasteiger partial charge in [0.25, 0.3) is 5.91 Å². The highest BCUT2D eigenvalue weighted by atomic mass is 32.1. The lowest BCUT2D eigenvalue weighted by atomic mass is 10.4. The molecule has 0 aliphatic heterocycles. The number of hydrogen-bond acceptors (Lipinski definition) is 5. The molecule has 84 valence electrons. The van der Waals surface area contributed by atoms with Crippen molar-refractivity contribution < 1.29 is 4.79 Å². The molecule has 6 nitrogen and oxygen atoms in total. The molecule has 0 aromatic carbocycles. The summed E-state index contributed by atoms with van der Waals surface area (Å²) in [6.45, 7) is 2.34. The van der Waals surface area contributed by atoms with Crippen LogP contribution in [-0.2, 0) is 13.0 Å². The molecule has 1 amide bonds. The van der Waals surface area contributed by atoms with Crippen LogP contribution in [0.4, 0.5) is 0 Å². The molecule has 0 saturated heterocycles. The minimum absolute atomic E-state index is 0.173. The summed E-state index contributed by atoms with van der Waals surface area (Å²) < 4.78 is 0. The van der Waals surface area contributed by atoms with Gasteiger partial charge in [-0.25, -0.2) is 9.97 Å². The van der Waals surface area contributed by atoms with Gasteiger partial charge in [0.05, 0.1) is 17.7 Å². The van der Waals surface area contributed by atoms with Crippen molar-refractivity contribution in [1.29, 1.82) is 0 Å². The number of carbonyl (C=O) groups excluding carboxylic acids is 1. The van der Waals surface area contributed by atoms with Crippen molar-refractivity contribution in [2.45, 2.75) is 19.9 Å². The Bertz CT molecular complexity index is 464. The summed E-state index contributed by atoms with van der Waals surface area (Å²) >= 11 is 1.49. The maximum absolute atomic E-state index is 11.6. The van der Waals surface area contributed by atoms with Crippen molar-refractivity contribution >= 4 is 17.2 Å². The molecule has 0 unspecified atom stereocenters. The van der Waals surface area contributed by atoms with E-state index in [2.05, 4.69) is 25.5 Å². The number of hydrogen-bond donors (Lipinski definition) is 2. The molecule has 2 N–H and O–H groups in total. The van der Waals surface area contributed by atoms with Crippen molar-refractivity contribution in [3.05, 3.63) is 28.2 Å². The first kappa shape index (κ1) is 10.7. The van der Waals surface area contributed by atoms with Crippen molar-refractivity contribution in [3.63, 3.8) is 0 Å². The highest BCUT2D eigenvalue weighted by Crippen LogP contribution is 2.00. The molecule has 7 heteroatoms. The molecule has 0 spiro atoms. The van der Waals surface area contributed by atoms with Gasteiger partial charge >= 0.3 is 0 Å². The van der Waals surface area contributed by atoms with Gasteiger partial charge in [0.15, 0.2) is 0 Å². The van der Waals surface area contributed by atoms with Gasteiger partial charge < -0.3 is 5.32 Å². The average Bonchev–Trinajstić information content (AvgIpc) is 2.96. The van der Waals surface area contributed by atoms with Crippen molar-refractivity contribution in [2.24, 2.45) is 0 Å². The Hall–Kier alpha value is -1.76. The zero-order chi connectivity index (χ0) is 11.4. The fraction of sp³-hybridized carbons (Fsp3) is 0.333. The van der Waals surface area contributed by atoms with E-state index in [0.717, 1.165) is 12.1 Å². The van der Waals surface area contributed by atoms with Gasteiger partial charge in [-0.2, -0.15) is 0 Å². The summed E-state index contributed by atoms with van der Waals surface area (Å²) in [6.07, 6.45) is 0.729.